The fraction of sp³-hybridized carbons (Fsp3) is 0.357. The van der Waals surface area contributed by atoms with Gasteiger partial charge in [0.25, 0.3) is 0 Å². The molecule has 0 aliphatic rings. The number of hydrogen-bond acceptors (Lipinski definition) is 2. The molecule has 0 amide bonds. The van der Waals surface area contributed by atoms with Crippen LogP contribution in [0.4, 0.5) is 13.2 Å². The molecule has 0 radical (unpaired) electrons. The first-order valence-electron chi connectivity index (χ1n) is 6.47. The molecule has 0 bridgehead atoms. The molecule has 0 aliphatic heterocycles. The quantitative estimate of drug-likeness (QED) is 0.728. The van der Waals surface area contributed by atoms with Crippen LogP contribution in [0.15, 0.2) is 16.6 Å². The van der Waals surface area contributed by atoms with E-state index in [1.54, 1.807) is 6.92 Å². The fourth-order valence-electron chi connectivity index (χ4n) is 2.22. The lowest BCUT2D eigenvalue weighted by atomic mass is 10.1. The number of aromatic amines is 1. The lowest BCUT2D eigenvalue weighted by Gasteiger charge is -2.08. The summed E-state index contributed by atoms with van der Waals surface area (Å²) in [5, 5.41) is 0.687. The number of nitrogens with one attached hydrogen (secondary N) is 1. The summed E-state index contributed by atoms with van der Waals surface area (Å²) in [6, 6.07) is 3.02. The van der Waals surface area contributed by atoms with Crippen molar-refractivity contribution in [1.82, 2.24) is 4.98 Å². The van der Waals surface area contributed by atoms with Gasteiger partial charge >= 0.3 is 12.1 Å². The van der Waals surface area contributed by atoms with E-state index >= 15 is 0 Å². The number of rotatable bonds is 4. The van der Waals surface area contributed by atoms with Crippen LogP contribution in [-0.4, -0.2) is 17.6 Å². The highest BCUT2D eigenvalue weighted by molar-refractivity contribution is 9.10. The normalized spacial score (nSPS) is 11.9. The largest absolute Gasteiger partial charge is 0.466 e. The third-order valence-electron chi connectivity index (χ3n) is 3.14. The Morgan fingerprint density at radius 2 is 2.09 bits per heavy atom. The molecular formula is C14H12BrClF3NO2. The average molecular weight is 399 g/mol. The summed E-state index contributed by atoms with van der Waals surface area (Å²) in [6.07, 6.45) is -4.74. The number of carbonyl (C=O) groups excluding carboxylic acids is 1. The molecule has 0 atom stereocenters. The van der Waals surface area contributed by atoms with Crippen LogP contribution >= 0.6 is 27.5 Å². The molecule has 0 aliphatic carbocycles. The predicted molar refractivity (Wildman–Crippen MR) is 81.0 cm³/mol. The van der Waals surface area contributed by atoms with Crippen LogP contribution in [0.3, 0.4) is 0 Å². The fourth-order valence-corrected chi connectivity index (χ4v) is 2.82. The molecule has 22 heavy (non-hydrogen) atoms. The third-order valence-corrected chi connectivity index (χ3v) is 4.51. The van der Waals surface area contributed by atoms with Crippen LogP contribution in [0.1, 0.15) is 24.6 Å². The number of H-pyrrole nitrogens is 1. The number of benzene rings is 1. The molecule has 120 valence electrons. The summed E-state index contributed by atoms with van der Waals surface area (Å²) in [5.74, 6) is -0.530. The van der Waals surface area contributed by atoms with Gasteiger partial charge in [-0.2, -0.15) is 13.2 Å². The summed E-state index contributed by atoms with van der Waals surface area (Å²) >= 11 is 9.09. The second kappa shape index (κ2) is 6.50. The van der Waals surface area contributed by atoms with Crippen molar-refractivity contribution in [2.75, 3.05) is 6.61 Å². The first-order valence-corrected chi connectivity index (χ1v) is 7.64. The van der Waals surface area contributed by atoms with Gasteiger partial charge < -0.3 is 9.72 Å². The molecular weight excluding hydrogens is 387 g/mol. The van der Waals surface area contributed by atoms with Gasteiger partial charge in [0.15, 0.2) is 0 Å². The van der Waals surface area contributed by atoms with E-state index in [4.69, 9.17) is 16.3 Å². The Labute approximate surface area is 137 Å². The van der Waals surface area contributed by atoms with Crippen LogP contribution < -0.4 is 0 Å². The van der Waals surface area contributed by atoms with Gasteiger partial charge in [-0.1, -0.05) is 17.7 Å². The topological polar surface area (TPSA) is 42.1 Å². The number of esters is 1. The van der Waals surface area contributed by atoms with Crippen LogP contribution in [-0.2, 0) is 22.1 Å². The van der Waals surface area contributed by atoms with E-state index in [1.165, 1.54) is 12.1 Å². The summed E-state index contributed by atoms with van der Waals surface area (Å²) in [7, 11) is 0. The molecule has 2 aromatic rings. The molecule has 1 heterocycles. The summed E-state index contributed by atoms with van der Waals surface area (Å²) in [6.45, 7) is 1.84. The van der Waals surface area contributed by atoms with Crippen LogP contribution in [0.2, 0.25) is 5.02 Å². The number of fused-ring (bicyclic) bond motifs is 1. The number of carbonyl (C=O) groups is 1. The van der Waals surface area contributed by atoms with E-state index in [1.807, 2.05) is 0 Å². The highest BCUT2D eigenvalue weighted by Crippen LogP contribution is 2.40. The molecule has 0 saturated heterocycles. The predicted octanol–water partition coefficient (Wildman–Crippen LogP) is 5.10. The second-order valence-corrected chi connectivity index (χ2v) is 5.77. The van der Waals surface area contributed by atoms with Crippen molar-refractivity contribution in [3.63, 3.8) is 0 Å². The van der Waals surface area contributed by atoms with Crippen molar-refractivity contribution in [2.24, 2.45) is 0 Å². The van der Waals surface area contributed by atoms with Crippen molar-refractivity contribution >= 4 is 44.4 Å². The van der Waals surface area contributed by atoms with E-state index < -0.39 is 17.8 Å². The number of ether oxygens (including phenoxy) is 1. The number of hydrogen-bond donors (Lipinski definition) is 1. The Morgan fingerprint density at radius 3 is 2.68 bits per heavy atom. The smallest absolute Gasteiger partial charge is 0.431 e. The zero-order valence-electron chi connectivity index (χ0n) is 11.5. The first-order chi connectivity index (χ1) is 10.3. The monoisotopic (exact) mass is 397 g/mol. The highest BCUT2D eigenvalue weighted by Gasteiger charge is 2.36. The van der Waals surface area contributed by atoms with Gasteiger partial charge in [-0.3, -0.25) is 4.79 Å². The van der Waals surface area contributed by atoms with Gasteiger partial charge in [0, 0.05) is 11.8 Å². The Balaban J connectivity index is 2.50. The zero-order valence-corrected chi connectivity index (χ0v) is 13.8. The van der Waals surface area contributed by atoms with E-state index in [2.05, 4.69) is 20.9 Å². The average Bonchev–Trinajstić information content (AvgIpc) is 2.80. The molecule has 1 N–H and O–H groups in total. The Hall–Kier alpha value is -1.21. The van der Waals surface area contributed by atoms with E-state index in [0.717, 1.165) is 0 Å². The van der Waals surface area contributed by atoms with Gasteiger partial charge in [0.05, 0.1) is 21.6 Å². The minimum Gasteiger partial charge on any atom is -0.466 e. The lowest BCUT2D eigenvalue weighted by molar-refractivity contribution is -0.144. The molecule has 2 rings (SSSR count). The molecule has 8 heteroatoms. The molecule has 3 nitrogen and oxygen atoms in total. The number of alkyl halides is 3. The van der Waals surface area contributed by atoms with E-state index in [-0.39, 0.29) is 30.5 Å². The maximum absolute atomic E-state index is 13.2. The third kappa shape index (κ3) is 3.41. The lowest BCUT2D eigenvalue weighted by Crippen LogP contribution is -2.11. The van der Waals surface area contributed by atoms with Crippen molar-refractivity contribution in [2.45, 2.75) is 25.9 Å². The maximum Gasteiger partial charge on any atom is 0.431 e. The van der Waals surface area contributed by atoms with Gasteiger partial charge in [0.1, 0.15) is 5.69 Å². The number of aryl methyl sites for hydroxylation is 1. The standard InChI is InChI=1S/C14H12BrClF3NO2/c1-2-22-10(21)6-4-8-7-3-5-9(16)11(15)12(7)20-13(8)14(17,18)19/h3,5,20H,2,4,6H2,1H3. The minimum absolute atomic E-state index is 0.0351. The SMILES string of the molecule is CCOC(=O)CCc1c(C(F)(F)F)[nH]c2c(Br)c(Cl)ccc12. The molecule has 1 aromatic heterocycles. The van der Waals surface area contributed by atoms with Gasteiger partial charge in [-0.25, -0.2) is 0 Å². The number of halogens is 5. The first kappa shape index (κ1) is 17.1. The zero-order chi connectivity index (χ0) is 16.5. The van der Waals surface area contributed by atoms with Gasteiger partial charge in [-0.15, -0.1) is 0 Å². The summed E-state index contributed by atoms with van der Waals surface area (Å²) in [5.41, 5.74) is -0.568. The van der Waals surface area contributed by atoms with Gasteiger partial charge in [0.2, 0.25) is 0 Å². The van der Waals surface area contributed by atoms with E-state index in [0.29, 0.717) is 14.9 Å². The second-order valence-electron chi connectivity index (χ2n) is 4.57. The minimum atomic E-state index is -4.55. The van der Waals surface area contributed by atoms with Crippen molar-refractivity contribution in [3.8, 4) is 0 Å². The molecule has 0 spiro atoms. The van der Waals surface area contributed by atoms with E-state index in [9.17, 15) is 18.0 Å². The van der Waals surface area contributed by atoms with Crippen molar-refractivity contribution < 1.29 is 22.7 Å². The Kier molecular flexibility index (Phi) is 5.07. The summed E-state index contributed by atoms with van der Waals surface area (Å²) in [4.78, 5) is 13.8. The van der Waals surface area contributed by atoms with Crippen LogP contribution in [0.5, 0.6) is 0 Å². The molecule has 1 aromatic carbocycles. The number of aromatic nitrogens is 1. The molecule has 0 fully saturated rings. The molecule has 0 saturated carbocycles. The summed E-state index contributed by atoms with van der Waals surface area (Å²) < 4.78 is 44.7. The van der Waals surface area contributed by atoms with Crippen molar-refractivity contribution in [3.05, 3.63) is 32.9 Å². The van der Waals surface area contributed by atoms with Crippen LogP contribution in [0.25, 0.3) is 10.9 Å². The van der Waals surface area contributed by atoms with Gasteiger partial charge in [-0.05, 0) is 40.9 Å². The maximum atomic E-state index is 13.2. The van der Waals surface area contributed by atoms with Crippen molar-refractivity contribution in [1.29, 1.82) is 0 Å². The van der Waals surface area contributed by atoms with Crippen LogP contribution in [0, 0.1) is 0 Å². The highest BCUT2D eigenvalue weighted by atomic mass is 79.9. The molecule has 0 unspecified atom stereocenters. The Bertz CT molecular complexity index is 712. The Morgan fingerprint density at radius 1 is 1.41 bits per heavy atom.